The number of carboxylic acid groups (broad SMARTS) is 1. The number of thiophene rings is 1. The van der Waals surface area contributed by atoms with Crippen molar-refractivity contribution < 1.29 is 14.6 Å². The zero-order valence-electron chi connectivity index (χ0n) is 15.1. The lowest BCUT2D eigenvalue weighted by Crippen LogP contribution is -2.20. The van der Waals surface area contributed by atoms with Crippen molar-refractivity contribution in [1.82, 2.24) is 4.98 Å². The van der Waals surface area contributed by atoms with Gasteiger partial charge in [0.15, 0.2) is 0 Å². The molecule has 0 bridgehead atoms. The first-order valence-corrected chi connectivity index (χ1v) is 10.8. The van der Waals surface area contributed by atoms with E-state index in [0.717, 1.165) is 47.5 Å². The molecule has 4 rings (SSSR count). The molecule has 1 fully saturated rings. The summed E-state index contributed by atoms with van der Waals surface area (Å²) in [5.41, 5.74) is 1.65. The molecule has 0 aliphatic heterocycles. The van der Waals surface area contributed by atoms with Gasteiger partial charge in [0, 0.05) is 5.56 Å². The molecule has 28 heavy (non-hydrogen) atoms. The maximum atomic E-state index is 11.7. The van der Waals surface area contributed by atoms with E-state index in [0.29, 0.717) is 22.0 Å². The van der Waals surface area contributed by atoms with E-state index in [2.05, 4.69) is 11.1 Å². The predicted octanol–water partition coefficient (Wildman–Crippen LogP) is 5.82. The van der Waals surface area contributed by atoms with Gasteiger partial charge < -0.3 is 9.84 Å². The number of aromatic carboxylic acids is 1. The van der Waals surface area contributed by atoms with E-state index in [9.17, 15) is 15.2 Å². The third kappa shape index (κ3) is 3.79. The average molecular weight is 411 g/mol. The van der Waals surface area contributed by atoms with Gasteiger partial charge in [-0.05, 0) is 55.3 Å². The summed E-state index contributed by atoms with van der Waals surface area (Å²) in [5.74, 6) is -0.406. The zero-order chi connectivity index (χ0) is 19.5. The Balaban J connectivity index is 1.67. The molecule has 1 aliphatic rings. The molecule has 0 spiro atoms. The van der Waals surface area contributed by atoms with Crippen LogP contribution in [0.15, 0.2) is 35.7 Å². The maximum absolute atomic E-state index is 11.7. The molecule has 7 heteroatoms. The number of carboxylic acids is 1. The number of thiazole rings is 1. The first kappa shape index (κ1) is 18.7. The largest absolute Gasteiger partial charge is 0.489 e. The third-order valence-corrected chi connectivity index (χ3v) is 6.74. The van der Waals surface area contributed by atoms with E-state index in [1.165, 1.54) is 17.8 Å². The monoisotopic (exact) mass is 410 g/mol. The Morgan fingerprint density at radius 2 is 2.07 bits per heavy atom. The molecule has 1 aromatic carbocycles. The predicted molar refractivity (Wildman–Crippen MR) is 110 cm³/mol. The minimum absolute atomic E-state index is 0.163. The summed E-state index contributed by atoms with van der Waals surface area (Å²) >= 11 is 2.58. The van der Waals surface area contributed by atoms with Crippen LogP contribution in [0.3, 0.4) is 0 Å². The van der Waals surface area contributed by atoms with E-state index in [1.807, 2.05) is 23.6 Å². The van der Waals surface area contributed by atoms with Gasteiger partial charge in [-0.2, -0.15) is 5.26 Å². The van der Waals surface area contributed by atoms with Crippen LogP contribution in [0.4, 0.5) is 0 Å². The lowest BCUT2D eigenvalue weighted by molar-refractivity contribution is 0.0702. The minimum Gasteiger partial charge on any atom is -0.489 e. The Morgan fingerprint density at radius 3 is 2.75 bits per heavy atom. The lowest BCUT2D eigenvalue weighted by Gasteiger charge is -2.23. The molecule has 0 amide bonds. The molecule has 2 heterocycles. The Bertz CT molecular complexity index is 1030. The summed E-state index contributed by atoms with van der Waals surface area (Å²) in [4.78, 5) is 17.2. The van der Waals surface area contributed by atoms with Gasteiger partial charge in [-0.1, -0.05) is 12.5 Å². The van der Waals surface area contributed by atoms with Crippen LogP contribution in [-0.4, -0.2) is 22.2 Å². The van der Waals surface area contributed by atoms with Gasteiger partial charge in [0.1, 0.15) is 27.4 Å². The van der Waals surface area contributed by atoms with Crippen molar-refractivity contribution in [3.8, 4) is 33.0 Å². The second-order valence-corrected chi connectivity index (χ2v) is 8.63. The molecule has 0 saturated heterocycles. The molecule has 0 atom stereocenters. The quantitative estimate of drug-likeness (QED) is 0.573. The summed E-state index contributed by atoms with van der Waals surface area (Å²) in [5, 5.41) is 21.6. The van der Waals surface area contributed by atoms with Gasteiger partial charge in [0.2, 0.25) is 0 Å². The molecule has 1 saturated carbocycles. The van der Waals surface area contributed by atoms with Crippen molar-refractivity contribution in [2.45, 2.75) is 38.2 Å². The van der Waals surface area contributed by atoms with Crippen molar-refractivity contribution in [3.05, 3.63) is 46.2 Å². The van der Waals surface area contributed by atoms with E-state index >= 15 is 0 Å². The maximum Gasteiger partial charge on any atom is 0.348 e. The van der Waals surface area contributed by atoms with Gasteiger partial charge in [0.05, 0.1) is 16.5 Å². The van der Waals surface area contributed by atoms with Crippen LogP contribution in [0, 0.1) is 11.3 Å². The normalized spacial score (nSPS) is 14.5. The first-order chi connectivity index (χ1) is 13.7. The number of nitriles is 1. The van der Waals surface area contributed by atoms with Gasteiger partial charge in [-0.15, -0.1) is 22.7 Å². The fourth-order valence-electron chi connectivity index (χ4n) is 3.38. The van der Waals surface area contributed by atoms with Gasteiger partial charge >= 0.3 is 5.97 Å². The number of rotatable bonds is 5. The van der Waals surface area contributed by atoms with Crippen LogP contribution in [0.25, 0.3) is 21.1 Å². The smallest absolute Gasteiger partial charge is 0.348 e. The van der Waals surface area contributed by atoms with E-state index in [-0.39, 0.29) is 11.0 Å². The van der Waals surface area contributed by atoms with Crippen LogP contribution < -0.4 is 4.74 Å². The highest BCUT2D eigenvalue weighted by Gasteiger charge is 2.22. The molecule has 1 N–H and O–H groups in total. The lowest BCUT2D eigenvalue weighted by atomic mass is 9.97. The number of benzene rings is 1. The van der Waals surface area contributed by atoms with Crippen molar-refractivity contribution in [1.29, 1.82) is 5.26 Å². The number of aromatic nitrogens is 1. The minimum atomic E-state index is -0.995. The Kier molecular flexibility index (Phi) is 5.42. The number of hydrogen-bond acceptors (Lipinski definition) is 6. The molecule has 142 valence electrons. The topological polar surface area (TPSA) is 83.2 Å². The molecule has 2 aromatic heterocycles. The molecule has 1 aliphatic carbocycles. The number of nitrogens with zero attached hydrogens (tertiary/aromatic N) is 2. The summed E-state index contributed by atoms with van der Waals surface area (Å²) in [6.45, 7) is 0. The summed E-state index contributed by atoms with van der Waals surface area (Å²) in [6.07, 6.45) is 5.76. The Hall–Kier alpha value is -2.69. The van der Waals surface area contributed by atoms with Crippen molar-refractivity contribution in [2.24, 2.45) is 0 Å². The Morgan fingerprint density at radius 1 is 1.25 bits per heavy atom. The van der Waals surface area contributed by atoms with E-state index in [4.69, 9.17) is 4.74 Å². The van der Waals surface area contributed by atoms with Crippen LogP contribution in [0.1, 0.15) is 47.3 Å². The molecular formula is C21H18N2O3S2. The standard InChI is InChI=1S/C21H18N2O3S2/c22-12-14-11-13(8-9-16(14)26-15-5-2-1-3-6-15)20-23-18(17-7-4-10-27-17)19(28-20)21(24)25/h4,7-11,15H,1-3,5-6H2,(H,24,25). The summed E-state index contributed by atoms with van der Waals surface area (Å²) in [6, 6.07) is 11.3. The van der Waals surface area contributed by atoms with Crippen LogP contribution in [-0.2, 0) is 0 Å². The molecular weight excluding hydrogens is 392 g/mol. The molecule has 5 nitrogen and oxygen atoms in total. The number of carbonyl (C=O) groups is 1. The Labute approximate surface area is 170 Å². The third-order valence-electron chi connectivity index (χ3n) is 4.77. The first-order valence-electron chi connectivity index (χ1n) is 9.15. The highest BCUT2D eigenvalue weighted by molar-refractivity contribution is 7.18. The van der Waals surface area contributed by atoms with Crippen molar-refractivity contribution >= 4 is 28.6 Å². The SMILES string of the molecule is N#Cc1cc(-c2nc(-c3cccs3)c(C(=O)O)s2)ccc1OC1CCCCC1. The molecule has 3 aromatic rings. The van der Waals surface area contributed by atoms with Gasteiger partial charge in [-0.25, -0.2) is 9.78 Å². The van der Waals surface area contributed by atoms with Gasteiger partial charge in [0.25, 0.3) is 0 Å². The van der Waals surface area contributed by atoms with Crippen LogP contribution in [0.5, 0.6) is 5.75 Å². The second-order valence-electron chi connectivity index (χ2n) is 6.68. The van der Waals surface area contributed by atoms with Crippen molar-refractivity contribution in [2.75, 3.05) is 0 Å². The number of ether oxygens (including phenoxy) is 1. The van der Waals surface area contributed by atoms with Crippen LogP contribution in [0.2, 0.25) is 0 Å². The van der Waals surface area contributed by atoms with Crippen LogP contribution >= 0.6 is 22.7 Å². The van der Waals surface area contributed by atoms with Crippen molar-refractivity contribution in [3.63, 3.8) is 0 Å². The van der Waals surface area contributed by atoms with E-state index < -0.39 is 5.97 Å². The van der Waals surface area contributed by atoms with Gasteiger partial charge in [-0.3, -0.25) is 0 Å². The molecule has 0 unspecified atom stereocenters. The second kappa shape index (κ2) is 8.13. The highest BCUT2D eigenvalue weighted by Crippen LogP contribution is 2.37. The summed E-state index contributed by atoms with van der Waals surface area (Å²) < 4.78 is 6.06. The number of hydrogen-bond donors (Lipinski definition) is 1. The fourth-order valence-corrected chi connectivity index (χ4v) is 5.08. The van der Waals surface area contributed by atoms with E-state index in [1.54, 1.807) is 12.1 Å². The fraction of sp³-hybridized carbons (Fsp3) is 0.286. The molecule has 0 radical (unpaired) electrons. The summed E-state index contributed by atoms with van der Waals surface area (Å²) in [7, 11) is 0. The average Bonchev–Trinajstić information content (AvgIpc) is 3.39. The highest BCUT2D eigenvalue weighted by atomic mass is 32.1. The zero-order valence-corrected chi connectivity index (χ0v) is 16.7.